The first-order valence-corrected chi connectivity index (χ1v) is 16.2. The van der Waals surface area contributed by atoms with Gasteiger partial charge >= 0.3 is 0 Å². The number of aromatic nitrogens is 4. The van der Waals surface area contributed by atoms with E-state index in [0.717, 1.165) is 33.5 Å². The summed E-state index contributed by atoms with van der Waals surface area (Å²) in [5.41, 5.74) is 5.64. The SMILES string of the molecule is CCOc1cc2c(Nc3cc(Cl)c(O)c(Cl)c3)ccnc2nc1C.CCOc1cc2c(Nc3cc(Cl)c(O)c(Cl)c3)ccnc2nc1C.Cl.Cl.Cl.O.O. The smallest absolute Gasteiger partial charge is 0.161 e. The number of halogens is 7. The van der Waals surface area contributed by atoms with E-state index in [2.05, 4.69) is 30.6 Å². The number of phenolic OH excluding ortho intramolecular Hbond substituents is 2. The lowest BCUT2D eigenvalue weighted by Crippen LogP contribution is -1.99. The highest BCUT2D eigenvalue weighted by Gasteiger charge is 2.13. The predicted molar refractivity (Wildman–Crippen MR) is 223 cm³/mol. The molecule has 0 bridgehead atoms. The van der Waals surface area contributed by atoms with Crippen molar-refractivity contribution in [3.8, 4) is 23.0 Å². The highest BCUT2D eigenvalue weighted by molar-refractivity contribution is 6.38. The third-order valence-corrected chi connectivity index (χ3v) is 8.09. The monoisotopic (exact) mass is 870 g/mol. The van der Waals surface area contributed by atoms with Gasteiger partial charge in [0.25, 0.3) is 0 Å². The topological polar surface area (TPSA) is 198 Å². The number of nitrogens with zero attached hydrogens (tertiary/aromatic N) is 4. The summed E-state index contributed by atoms with van der Waals surface area (Å²) >= 11 is 23.9. The molecule has 4 aromatic heterocycles. The Kier molecular flexibility index (Phi) is 20.4. The van der Waals surface area contributed by atoms with E-state index in [0.29, 0.717) is 47.4 Å². The number of ether oxygens (including phenoxy) is 2. The summed E-state index contributed by atoms with van der Waals surface area (Å²) in [6.45, 7) is 8.72. The Morgan fingerprint density at radius 1 is 0.585 bits per heavy atom. The van der Waals surface area contributed by atoms with Crippen molar-refractivity contribution in [1.82, 2.24) is 19.9 Å². The van der Waals surface area contributed by atoms with Crippen LogP contribution in [0, 0.1) is 13.8 Å². The molecule has 8 N–H and O–H groups in total. The van der Waals surface area contributed by atoms with Gasteiger partial charge in [-0.2, -0.15) is 0 Å². The molecule has 0 spiro atoms. The van der Waals surface area contributed by atoms with Crippen LogP contribution in [0.5, 0.6) is 23.0 Å². The molecule has 0 aliphatic heterocycles. The molecule has 0 aliphatic carbocycles. The number of aryl methyl sites for hydroxylation is 2. The molecular formula is C34H37Cl7N6O6. The van der Waals surface area contributed by atoms with Crippen molar-refractivity contribution in [3.05, 3.63) is 92.4 Å². The van der Waals surface area contributed by atoms with E-state index in [1.807, 2.05) is 52.0 Å². The Bertz CT molecular complexity index is 1950. The minimum Gasteiger partial charge on any atom is -0.505 e. The summed E-state index contributed by atoms with van der Waals surface area (Å²) in [5.74, 6) is 1.14. The Balaban J connectivity index is 0.000000932. The molecule has 6 aromatic rings. The highest BCUT2D eigenvalue weighted by atomic mass is 35.5. The van der Waals surface area contributed by atoms with Gasteiger partial charge < -0.3 is 41.3 Å². The van der Waals surface area contributed by atoms with Crippen LogP contribution in [0.25, 0.3) is 22.1 Å². The van der Waals surface area contributed by atoms with Crippen molar-refractivity contribution in [2.24, 2.45) is 0 Å². The van der Waals surface area contributed by atoms with E-state index in [1.54, 1.807) is 36.7 Å². The van der Waals surface area contributed by atoms with Crippen LogP contribution in [0.1, 0.15) is 25.2 Å². The van der Waals surface area contributed by atoms with Gasteiger partial charge in [0.1, 0.15) is 11.5 Å². The van der Waals surface area contributed by atoms with Crippen LogP contribution in [-0.2, 0) is 0 Å². The van der Waals surface area contributed by atoms with Crippen molar-refractivity contribution in [1.29, 1.82) is 0 Å². The lowest BCUT2D eigenvalue weighted by Gasteiger charge is -2.13. The average molecular weight is 874 g/mol. The van der Waals surface area contributed by atoms with Gasteiger partial charge in [0.05, 0.1) is 56.1 Å². The summed E-state index contributed by atoms with van der Waals surface area (Å²) in [6, 6.07) is 13.8. The van der Waals surface area contributed by atoms with Crippen LogP contribution in [0.2, 0.25) is 20.1 Å². The number of hydrogen-bond donors (Lipinski definition) is 4. The summed E-state index contributed by atoms with van der Waals surface area (Å²) in [7, 11) is 0. The molecular weight excluding hydrogens is 837 g/mol. The standard InChI is InChI=1S/2C17H15Cl2N3O2.3ClH.2H2O/c2*1-3-24-15-8-11-14(4-5-20-17(11)21-9(15)2)22-10-6-12(18)16(23)13(19)7-10;;;;;/h2*4-8,23H,3H2,1-2H3,(H,20,21,22);3*1H;2*1H2. The Labute approximate surface area is 344 Å². The molecule has 0 saturated heterocycles. The van der Waals surface area contributed by atoms with Gasteiger partial charge in [0.2, 0.25) is 0 Å². The molecule has 2 aromatic carbocycles. The first-order valence-electron chi connectivity index (χ1n) is 14.7. The Hall–Kier alpha value is -3.69. The molecule has 288 valence electrons. The van der Waals surface area contributed by atoms with Crippen LogP contribution in [-0.4, -0.2) is 54.3 Å². The van der Waals surface area contributed by atoms with Gasteiger partial charge in [0, 0.05) is 34.5 Å². The molecule has 12 nitrogen and oxygen atoms in total. The number of nitrogens with one attached hydrogen (secondary N) is 2. The summed E-state index contributed by atoms with van der Waals surface area (Å²) in [6.07, 6.45) is 3.34. The van der Waals surface area contributed by atoms with Crippen molar-refractivity contribution < 1.29 is 30.6 Å². The number of pyridine rings is 4. The number of hydrogen-bond acceptors (Lipinski definition) is 10. The second-order valence-corrected chi connectivity index (χ2v) is 11.9. The maximum atomic E-state index is 9.67. The molecule has 0 saturated carbocycles. The lowest BCUT2D eigenvalue weighted by atomic mass is 10.2. The quantitative estimate of drug-likeness (QED) is 0.107. The Morgan fingerprint density at radius 3 is 1.21 bits per heavy atom. The molecule has 0 radical (unpaired) electrons. The van der Waals surface area contributed by atoms with Gasteiger partial charge in [-0.1, -0.05) is 46.4 Å². The van der Waals surface area contributed by atoms with E-state index >= 15 is 0 Å². The van der Waals surface area contributed by atoms with Crippen molar-refractivity contribution in [2.75, 3.05) is 23.8 Å². The third-order valence-electron chi connectivity index (χ3n) is 6.94. The van der Waals surface area contributed by atoms with Crippen LogP contribution < -0.4 is 20.1 Å². The van der Waals surface area contributed by atoms with Gasteiger partial charge in [-0.15, -0.1) is 37.2 Å². The zero-order valence-electron chi connectivity index (χ0n) is 28.4. The van der Waals surface area contributed by atoms with E-state index in [9.17, 15) is 10.2 Å². The molecule has 0 amide bonds. The average Bonchev–Trinajstić information content (AvgIpc) is 3.04. The van der Waals surface area contributed by atoms with Crippen LogP contribution in [0.3, 0.4) is 0 Å². The number of phenols is 2. The van der Waals surface area contributed by atoms with E-state index < -0.39 is 0 Å². The maximum absolute atomic E-state index is 9.67. The van der Waals surface area contributed by atoms with Crippen molar-refractivity contribution in [2.45, 2.75) is 27.7 Å². The van der Waals surface area contributed by atoms with Crippen LogP contribution in [0.15, 0.2) is 60.9 Å². The largest absolute Gasteiger partial charge is 0.505 e. The van der Waals surface area contributed by atoms with Crippen LogP contribution >= 0.6 is 83.6 Å². The number of rotatable bonds is 8. The fraction of sp³-hybridized carbons (Fsp3) is 0.176. The van der Waals surface area contributed by atoms with Crippen molar-refractivity contribution >= 4 is 128 Å². The molecule has 4 heterocycles. The fourth-order valence-electron chi connectivity index (χ4n) is 4.69. The minimum atomic E-state index is -0.139. The van der Waals surface area contributed by atoms with E-state index in [1.165, 1.54) is 0 Å². The molecule has 0 unspecified atom stereocenters. The van der Waals surface area contributed by atoms with Gasteiger partial charge in [0.15, 0.2) is 22.8 Å². The van der Waals surface area contributed by atoms with Gasteiger partial charge in [-0.3, -0.25) is 0 Å². The number of anilines is 4. The lowest BCUT2D eigenvalue weighted by molar-refractivity contribution is 0.336. The number of fused-ring (bicyclic) bond motifs is 2. The minimum absolute atomic E-state index is 0. The maximum Gasteiger partial charge on any atom is 0.161 e. The van der Waals surface area contributed by atoms with Gasteiger partial charge in [-0.25, -0.2) is 19.9 Å². The van der Waals surface area contributed by atoms with Gasteiger partial charge in [-0.05, 0) is 76.2 Å². The third kappa shape index (κ3) is 11.6. The highest BCUT2D eigenvalue weighted by Crippen LogP contribution is 2.38. The van der Waals surface area contributed by atoms with Crippen molar-refractivity contribution in [3.63, 3.8) is 0 Å². The van der Waals surface area contributed by atoms with Crippen LogP contribution in [0.4, 0.5) is 22.7 Å². The predicted octanol–water partition coefficient (Wildman–Crippen LogP) is 9.80. The summed E-state index contributed by atoms with van der Waals surface area (Å²) in [4.78, 5) is 17.5. The molecule has 6 rings (SSSR count). The summed E-state index contributed by atoms with van der Waals surface area (Å²) < 4.78 is 11.2. The first kappa shape index (κ1) is 49.3. The molecule has 53 heavy (non-hydrogen) atoms. The Morgan fingerprint density at radius 2 is 0.906 bits per heavy atom. The normalized spacial score (nSPS) is 9.81. The zero-order chi connectivity index (χ0) is 34.5. The number of aromatic hydroxyl groups is 2. The fourth-order valence-corrected chi connectivity index (χ4v) is 5.67. The number of benzene rings is 2. The summed E-state index contributed by atoms with van der Waals surface area (Å²) in [5, 5.41) is 28.1. The molecule has 19 heteroatoms. The van der Waals surface area contributed by atoms with E-state index in [4.69, 9.17) is 55.9 Å². The zero-order valence-corrected chi connectivity index (χ0v) is 33.9. The molecule has 0 fully saturated rings. The molecule has 0 aliphatic rings. The first-order chi connectivity index (χ1) is 23.0. The van der Waals surface area contributed by atoms with E-state index in [-0.39, 0.29) is 79.8 Å². The second kappa shape index (κ2) is 21.9. The molecule has 0 atom stereocenters. The second-order valence-electron chi connectivity index (χ2n) is 10.3.